The van der Waals surface area contributed by atoms with Crippen LogP contribution in [0, 0.1) is 17.0 Å². The minimum atomic E-state index is -0.495. The van der Waals surface area contributed by atoms with Gasteiger partial charge >= 0.3 is 0 Å². The molecule has 24 heavy (non-hydrogen) atoms. The summed E-state index contributed by atoms with van der Waals surface area (Å²) in [7, 11) is 0. The number of aromatic nitrogens is 2. The van der Waals surface area contributed by atoms with Gasteiger partial charge in [0.2, 0.25) is 0 Å². The van der Waals surface area contributed by atoms with Crippen LogP contribution in [0.3, 0.4) is 0 Å². The first kappa shape index (κ1) is 15.9. The van der Waals surface area contributed by atoms with Crippen molar-refractivity contribution in [3.63, 3.8) is 0 Å². The highest BCUT2D eigenvalue weighted by Gasteiger charge is 2.17. The van der Waals surface area contributed by atoms with Gasteiger partial charge in [-0.1, -0.05) is 6.07 Å². The highest BCUT2D eigenvalue weighted by molar-refractivity contribution is 6.03. The van der Waals surface area contributed by atoms with E-state index in [4.69, 9.17) is 0 Å². The highest BCUT2D eigenvalue weighted by Crippen LogP contribution is 2.23. The van der Waals surface area contributed by atoms with Gasteiger partial charge in [-0.25, -0.2) is 9.97 Å². The molecule has 0 saturated carbocycles. The average Bonchev–Trinajstić information content (AvgIpc) is 3.11. The molecule has 1 aromatic heterocycles. The molecule has 8 heteroatoms. The number of non-ortho nitro benzene ring substituents is 1. The van der Waals surface area contributed by atoms with Gasteiger partial charge in [-0.3, -0.25) is 14.9 Å². The molecule has 2 aromatic rings. The van der Waals surface area contributed by atoms with Crippen LogP contribution < -0.4 is 10.2 Å². The quantitative estimate of drug-likeness (QED) is 0.684. The predicted octanol–water partition coefficient (Wildman–Crippen LogP) is 2.55. The Morgan fingerprint density at radius 2 is 2.00 bits per heavy atom. The number of nitrogens with zero attached hydrogens (tertiary/aromatic N) is 4. The number of nitro benzene ring substituents is 1. The van der Waals surface area contributed by atoms with Gasteiger partial charge in [0.1, 0.15) is 17.8 Å². The van der Waals surface area contributed by atoms with Crippen LogP contribution >= 0.6 is 0 Å². The van der Waals surface area contributed by atoms with E-state index in [9.17, 15) is 14.9 Å². The van der Waals surface area contributed by atoms with Gasteiger partial charge in [-0.05, 0) is 25.3 Å². The Hall–Kier alpha value is -3.03. The van der Waals surface area contributed by atoms with E-state index in [0.29, 0.717) is 5.69 Å². The van der Waals surface area contributed by atoms with Gasteiger partial charge < -0.3 is 10.2 Å². The molecule has 0 bridgehead atoms. The van der Waals surface area contributed by atoms with Crippen LogP contribution in [0.4, 0.5) is 17.2 Å². The average molecular weight is 327 g/mol. The smallest absolute Gasteiger partial charge is 0.274 e. The molecule has 1 N–H and O–H groups in total. The van der Waals surface area contributed by atoms with Gasteiger partial charge in [0, 0.05) is 31.3 Å². The first-order valence-corrected chi connectivity index (χ1v) is 7.68. The molecule has 0 aliphatic carbocycles. The fourth-order valence-electron chi connectivity index (χ4n) is 2.63. The summed E-state index contributed by atoms with van der Waals surface area (Å²) in [6, 6.07) is 5.99. The van der Waals surface area contributed by atoms with Crippen molar-refractivity contribution in [2.75, 3.05) is 23.3 Å². The Kier molecular flexibility index (Phi) is 4.37. The van der Waals surface area contributed by atoms with Crippen LogP contribution in [-0.4, -0.2) is 33.9 Å². The van der Waals surface area contributed by atoms with Crippen LogP contribution in [0.5, 0.6) is 0 Å². The number of nitro groups is 1. The third-order valence-electron chi connectivity index (χ3n) is 4.00. The summed E-state index contributed by atoms with van der Waals surface area (Å²) >= 11 is 0. The Morgan fingerprint density at radius 3 is 2.71 bits per heavy atom. The highest BCUT2D eigenvalue weighted by atomic mass is 16.6. The van der Waals surface area contributed by atoms with Crippen LogP contribution in [0.1, 0.15) is 28.9 Å². The summed E-state index contributed by atoms with van der Waals surface area (Å²) in [6.45, 7) is 3.61. The number of nitrogens with one attached hydrogen (secondary N) is 1. The Balaban J connectivity index is 1.81. The Morgan fingerprint density at radius 1 is 1.25 bits per heavy atom. The van der Waals surface area contributed by atoms with Crippen molar-refractivity contribution >= 4 is 23.1 Å². The van der Waals surface area contributed by atoms with Crippen LogP contribution in [-0.2, 0) is 0 Å². The molecule has 1 aliphatic rings. The summed E-state index contributed by atoms with van der Waals surface area (Å²) in [5, 5.41) is 13.6. The third kappa shape index (κ3) is 3.32. The monoisotopic (exact) mass is 327 g/mol. The number of carbonyl (C=O) groups is 1. The zero-order valence-electron chi connectivity index (χ0n) is 13.2. The number of aryl methyl sites for hydroxylation is 1. The Labute approximate surface area is 138 Å². The molecule has 1 amide bonds. The molecular weight excluding hydrogens is 310 g/mol. The van der Waals surface area contributed by atoms with Crippen molar-refractivity contribution < 1.29 is 9.72 Å². The van der Waals surface area contributed by atoms with E-state index >= 15 is 0 Å². The summed E-state index contributed by atoms with van der Waals surface area (Å²) in [5.41, 5.74) is 1.30. The van der Waals surface area contributed by atoms with Crippen molar-refractivity contribution in [3.8, 4) is 0 Å². The third-order valence-corrected chi connectivity index (χ3v) is 4.00. The van der Waals surface area contributed by atoms with E-state index in [0.717, 1.165) is 37.3 Å². The summed E-state index contributed by atoms with van der Waals surface area (Å²) in [4.78, 5) is 33.1. The van der Waals surface area contributed by atoms with Crippen molar-refractivity contribution in [2.45, 2.75) is 19.8 Å². The van der Waals surface area contributed by atoms with Gasteiger partial charge in [0.15, 0.2) is 0 Å². The van der Waals surface area contributed by atoms with E-state index in [1.54, 1.807) is 19.1 Å². The maximum absolute atomic E-state index is 12.4. The number of hydrogen-bond acceptors (Lipinski definition) is 6. The normalized spacial score (nSPS) is 13.8. The summed E-state index contributed by atoms with van der Waals surface area (Å²) < 4.78 is 0. The Bertz CT molecular complexity index is 787. The van der Waals surface area contributed by atoms with Crippen molar-refractivity contribution in [1.29, 1.82) is 0 Å². The minimum Gasteiger partial charge on any atom is -0.357 e. The fourth-order valence-corrected chi connectivity index (χ4v) is 2.63. The van der Waals surface area contributed by atoms with Crippen LogP contribution in [0.2, 0.25) is 0 Å². The SMILES string of the molecule is Cc1ccc([N+](=O)[O-])cc1NC(=O)c1cc(N2CCCC2)ncn1. The van der Waals surface area contributed by atoms with E-state index in [2.05, 4.69) is 20.2 Å². The second-order valence-corrected chi connectivity index (χ2v) is 5.67. The largest absolute Gasteiger partial charge is 0.357 e. The van der Waals surface area contributed by atoms with Crippen molar-refractivity contribution in [1.82, 2.24) is 9.97 Å². The van der Waals surface area contributed by atoms with Crippen LogP contribution in [0.15, 0.2) is 30.6 Å². The number of benzene rings is 1. The molecule has 1 aromatic carbocycles. The van der Waals surface area contributed by atoms with Gasteiger partial charge in [-0.2, -0.15) is 0 Å². The molecule has 124 valence electrons. The fraction of sp³-hybridized carbons (Fsp3) is 0.312. The van der Waals surface area contributed by atoms with E-state index < -0.39 is 10.8 Å². The lowest BCUT2D eigenvalue weighted by molar-refractivity contribution is -0.384. The molecule has 1 fully saturated rings. The molecule has 8 nitrogen and oxygen atoms in total. The van der Waals surface area contributed by atoms with Crippen LogP contribution in [0.25, 0.3) is 0 Å². The maximum atomic E-state index is 12.4. The predicted molar refractivity (Wildman–Crippen MR) is 89.3 cm³/mol. The zero-order chi connectivity index (χ0) is 17.1. The molecule has 0 spiro atoms. The van der Waals surface area contributed by atoms with Gasteiger partial charge in [0.25, 0.3) is 11.6 Å². The molecule has 0 unspecified atom stereocenters. The molecule has 2 heterocycles. The van der Waals surface area contributed by atoms with E-state index in [1.807, 2.05) is 0 Å². The first-order valence-electron chi connectivity index (χ1n) is 7.68. The zero-order valence-corrected chi connectivity index (χ0v) is 13.2. The van der Waals surface area contributed by atoms with E-state index in [-0.39, 0.29) is 11.4 Å². The second kappa shape index (κ2) is 6.61. The van der Waals surface area contributed by atoms with Gasteiger partial charge in [-0.15, -0.1) is 0 Å². The number of hydrogen-bond donors (Lipinski definition) is 1. The second-order valence-electron chi connectivity index (χ2n) is 5.67. The van der Waals surface area contributed by atoms with Crippen molar-refractivity contribution in [2.24, 2.45) is 0 Å². The summed E-state index contributed by atoms with van der Waals surface area (Å²) in [5.74, 6) is 0.310. The topological polar surface area (TPSA) is 101 Å². The molecule has 1 saturated heterocycles. The maximum Gasteiger partial charge on any atom is 0.274 e. The lowest BCUT2D eigenvalue weighted by Crippen LogP contribution is -2.21. The molecule has 1 aliphatic heterocycles. The van der Waals surface area contributed by atoms with Gasteiger partial charge in [0.05, 0.1) is 10.6 Å². The first-order chi connectivity index (χ1) is 11.5. The van der Waals surface area contributed by atoms with Crippen molar-refractivity contribution in [3.05, 3.63) is 52.0 Å². The minimum absolute atomic E-state index is 0.0728. The summed E-state index contributed by atoms with van der Waals surface area (Å²) in [6.07, 6.45) is 3.58. The molecular formula is C16H17N5O3. The number of amides is 1. The lowest BCUT2D eigenvalue weighted by Gasteiger charge is -2.16. The molecule has 3 rings (SSSR count). The number of rotatable bonds is 4. The lowest BCUT2D eigenvalue weighted by atomic mass is 10.1. The number of anilines is 2. The number of carbonyl (C=O) groups excluding carboxylic acids is 1. The molecule has 0 radical (unpaired) electrons. The van der Waals surface area contributed by atoms with E-state index in [1.165, 1.54) is 18.5 Å². The standard InChI is InChI=1S/C16H17N5O3/c1-11-4-5-12(21(23)24)8-13(11)19-16(22)14-9-15(18-10-17-14)20-6-2-3-7-20/h4-5,8-10H,2-3,6-7H2,1H3,(H,19,22). The molecule has 0 atom stereocenters.